The molecule has 0 bridgehead atoms. The lowest BCUT2D eigenvalue weighted by Gasteiger charge is -2.27. The van der Waals surface area contributed by atoms with E-state index in [9.17, 15) is 9.18 Å². The molecule has 1 aromatic carbocycles. The lowest BCUT2D eigenvalue weighted by molar-refractivity contribution is 0.0696. The maximum Gasteiger partial charge on any atom is 0.335 e. The van der Waals surface area contributed by atoms with Crippen LogP contribution in [0.25, 0.3) is 0 Å². The standard InChI is InChI=1S/C13H18FNO2/c1-4-5-9(2)15(3)12-7-6-10(13(16)17)8-11(12)14/h6-9H,4-5H2,1-3H3,(H,16,17). The number of carboxylic acids is 1. The molecule has 0 aliphatic rings. The average Bonchev–Trinajstić information content (AvgIpc) is 2.28. The summed E-state index contributed by atoms with van der Waals surface area (Å²) in [5, 5.41) is 8.75. The van der Waals surface area contributed by atoms with Gasteiger partial charge in [-0.15, -0.1) is 0 Å². The third kappa shape index (κ3) is 3.19. The van der Waals surface area contributed by atoms with Gasteiger partial charge in [0.1, 0.15) is 5.82 Å². The Hall–Kier alpha value is -1.58. The molecule has 0 aromatic heterocycles. The van der Waals surface area contributed by atoms with Crippen molar-refractivity contribution in [3.63, 3.8) is 0 Å². The highest BCUT2D eigenvalue weighted by Crippen LogP contribution is 2.22. The van der Waals surface area contributed by atoms with Gasteiger partial charge in [0.2, 0.25) is 0 Å². The molecule has 0 saturated heterocycles. The van der Waals surface area contributed by atoms with Crippen LogP contribution in [0.4, 0.5) is 10.1 Å². The molecule has 0 spiro atoms. The second kappa shape index (κ2) is 5.66. The van der Waals surface area contributed by atoms with Crippen LogP contribution >= 0.6 is 0 Å². The molecule has 1 N–H and O–H groups in total. The van der Waals surface area contributed by atoms with Gasteiger partial charge in [-0.2, -0.15) is 0 Å². The number of rotatable bonds is 5. The predicted octanol–water partition coefficient (Wildman–Crippen LogP) is 3.15. The van der Waals surface area contributed by atoms with Crippen LogP contribution in [-0.4, -0.2) is 24.2 Å². The third-order valence-corrected chi connectivity index (χ3v) is 2.94. The molecule has 0 amide bonds. The Bertz CT molecular complexity index is 406. The van der Waals surface area contributed by atoms with Gasteiger partial charge in [0, 0.05) is 13.1 Å². The molecule has 1 unspecified atom stereocenters. The highest BCUT2D eigenvalue weighted by atomic mass is 19.1. The number of benzene rings is 1. The van der Waals surface area contributed by atoms with Gasteiger partial charge in [-0.1, -0.05) is 13.3 Å². The third-order valence-electron chi connectivity index (χ3n) is 2.94. The molecular weight excluding hydrogens is 221 g/mol. The van der Waals surface area contributed by atoms with Crippen LogP contribution in [0.1, 0.15) is 37.0 Å². The zero-order valence-corrected chi connectivity index (χ0v) is 10.4. The molecule has 3 nitrogen and oxygen atoms in total. The lowest BCUT2D eigenvalue weighted by atomic mass is 10.1. The fraction of sp³-hybridized carbons (Fsp3) is 0.462. The van der Waals surface area contributed by atoms with Crippen molar-refractivity contribution >= 4 is 11.7 Å². The number of halogens is 1. The SMILES string of the molecule is CCCC(C)N(C)c1ccc(C(=O)O)cc1F. The molecule has 94 valence electrons. The molecule has 0 aliphatic carbocycles. The van der Waals surface area contributed by atoms with E-state index in [-0.39, 0.29) is 11.6 Å². The van der Waals surface area contributed by atoms with Crippen LogP contribution in [-0.2, 0) is 0 Å². The monoisotopic (exact) mass is 239 g/mol. The van der Waals surface area contributed by atoms with Crippen molar-refractivity contribution in [1.29, 1.82) is 0 Å². The van der Waals surface area contributed by atoms with Crippen LogP contribution in [0.5, 0.6) is 0 Å². The molecule has 0 aliphatic heterocycles. The van der Waals surface area contributed by atoms with Gasteiger partial charge >= 0.3 is 5.97 Å². The van der Waals surface area contributed by atoms with E-state index in [0.29, 0.717) is 5.69 Å². The van der Waals surface area contributed by atoms with Crippen molar-refractivity contribution in [2.45, 2.75) is 32.7 Å². The number of aromatic carboxylic acids is 1. The molecule has 1 atom stereocenters. The first-order valence-electron chi connectivity index (χ1n) is 5.73. The van der Waals surface area contributed by atoms with Crippen molar-refractivity contribution < 1.29 is 14.3 Å². The van der Waals surface area contributed by atoms with Gasteiger partial charge in [0.25, 0.3) is 0 Å². The summed E-state index contributed by atoms with van der Waals surface area (Å²) in [5.41, 5.74) is 0.416. The molecule has 4 heteroatoms. The van der Waals surface area contributed by atoms with Gasteiger partial charge in [-0.05, 0) is 31.5 Å². The Kier molecular flexibility index (Phi) is 4.49. The molecule has 0 radical (unpaired) electrons. The van der Waals surface area contributed by atoms with E-state index in [2.05, 4.69) is 6.92 Å². The molecule has 1 rings (SSSR count). The van der Waals surface area contributed by atoms with Crippen molar-refractivity contribution in [3.8, 4) is 0 Å². The normalized spacial score (nSPS) is 12.2. The van der Waals surface area contributed by atoms with Crippen LogP contribution in [0, 0.1) is 5.82 Å². The first kappa shape index (κ1) is 13.5. The van der Waals surface area contributed by atoms with Crippen LogP contribution < -0.4 is 4.90 Å². The molecule has 0 fully saturated rings. The number of hydrogen-bond donors (Lipinski definition) is 1. The van der Waals surface area contributed by atoms with Gasteiger partial charge in [0.15, 0.2) is 0 Å². The summed E-state index contributed by atoms with van der Waals surface area (Å²) in [6, 6.07) is 4.23. The van der Waals surface area contributed by atoms with Crippen molar-refractivity contribution in [1.82, 2.24) is 0 Å². The summed E-state index contributed by atoms with van der Waals surface area (Å²) in [7, 11) is 1.82. The van der Waals surface area contributed by atoms with E-state index in [4.69, 9.17) is 5.11 Å². The Morgan fingerprint density at radius 3 is 2.65 bits per heavy atom. The molecule has 0 saturated carbocycles. The van der Waals surface area contributed by atoms with Crippen LogP contribution in [0.3, 0.4) is 0 Å². The largest absolute Gasteiger partial charge is 0.478 e. The van der Waals surface area contributed by atoms with Gasteiger partial charge in [-0.25, -0.2) is 9.18 Å². The molecular formula is C13H18FNO2. The maximum absolute atomic E-state index is 13.8. The van der Waals surface area contributed by atoms with E-state index in [1.165, 1.54) is 12.1 Å². The topological polar surface area (TPSA) is 40.5 Å². The van der Waals surface area contributed by atoms with Crippen molar-refractivity contribution in [2.24, 2.45) is 0 Å². The Labute approximate surface area is 101 Å². The van der Waals surface area contributed by atoms with Gasteiger partial charge in [-0.3, -0.25) is 0 Å². The fourth-order valence-electron chi connectivity index (χ4n) is 1.77. The van der Waals surface area contributed by atoms with E-state index >= 15 is 0 Å². The number of anilines is 1. The molecule has 1 aromatic rings. The Morgan fingerprint density at radius 1 is 1.53 bits per heavy atom. The highest BCUT2D eigenvalue weighted by molar-refractivity contribution is 5.88. The maximum atomic E-state index is 13.8. The average molecular weight is 239 g/mol. The first-order valence-corrected chi connectivity index (χ1v) is 5.73. The molecule has 17 heavy (non-hydrogen) atoms. The summed E-state index contributed by atoms with van der Waals surface area (Å²) < 4.78 is 13.8. The Balaban J connectivity index is 2.95. The minimum atomic E-state index is -1.11. The van der Waals surface area contributed by atoms with Crippen LogP contribution in [0.2, 0.25) is 0 Å². The summed E-state index contributed by atoms with van der Waals surface area (Å²) in [6.45, 7) is 4.10. The van der Waals surface area contributed by atoms with Crippen molar-refractivity contribution in [3.05, 3.63) is 29.6 Å². The Morgan fingerprint density at radius 2 is 2.18 bits per heavy atom. The van der Waals surface area contributed by atoms with Gasteiger partial charge < -0.3 is 10.0 Å². The highest BCUT2D eigenvalue weighted by Gasteiger charge is 2.15. The lowest BCUT2D eigenvalue weighted by Crippen LogP contribution is -2.29. The van der Waals surface area contributed by atoms with Crippen LogP contribution in [0.15, 0.2) is 18.2 Å². The number of carboxylic acid groups (broad SMARTS) is 1. The summed E-state index contributed by atoms with van der Waals surface area (Å²) in [5.74, 6) is -1.60. The summed E-state index contributed by atoms with van der Waals surface area (Å²) in [6.07, 6.45) is 2.00. The minimum absolute atomic E-state index is 0.0252. The quantitative estimate of drug-likeness (QED) is 0.858. The van der Waals surface area contributed by atoms with E-state index in [1.807, 2.05) is 18.9 Å². The fourth-order valence-corrected chi connectivity index (χ4v) is 1.77. The number of hydrogen-bond acceptors (Lipinski definition) is 2. The second-order valence-electron chi connectivity index (χ2n) is 4.22. The summed E-state index contributed by atoms with van der Waals surface area (Å²) in [4.78, 5) is 12.5. The first-order chi connectivity index (χ1) is 7.97. The zero-order chi connectivity index (χ0) is 13.0. The van der Waals surface area contributed by atoms with Gasteiger partial charge in [0.05, 0.1) is 11.3 Å². The zero-order valence-electron chi connectivity index (χ0n) is 10.4. The second-order valence-corrected chi connectivity index (χ2v) is 4.22. The smallest absolute Gasteiger partial charge is 0.335 e. The van der Waals surface area contributed by atoms with E-state index < -0.39 is 11.8 Å². The van der Waals surface area contributed by atoms with E-state index in [1.54, 1.807) is 0 Å². The van der Waals surface area contributed by atoms with Crippen molar-refractivity contribution in [2.75, 3.05) is 11.9 Å². The summed E-state index contributed by atoms with van der Waals surface area (Å²) >= 11 is 0. The minimum Gasteiger partial charge on any atom is -0.478 e. The van der Waals surface area contributed by atoms with E-state index in [0.717, 1.165) is 18.9 Å². The molecule has 0 heterocycles. The number of carbonyl (C=O) groups is 1. The number of nitrogens with zero attached hydrogens (tertiary/aromatic N) is 1. The predicted molar refractivity (Wildman–Crippen MR) is 66.1 cm³/mol.